The fourth-order valence-electron chi connectivity index (χ4n) is 1.60. The molecule has 2 aromatic rings. The van der Waals surface area contributed by atoms with Crippen LogP contribution in [0.15, 0.2) is 40.7 Å². The summed E-state index contributed by atoms with van der Waals surface area (Å²) in [5.74, 6) is -0.800. The van der Waals surface area contributed by atoms with Crippen molar-refractivity contribution in [2.75, 3.05) is 12.8 Å². The van der Waals surface area contributed by atoms with E-state index in [0.29, 0.717) is 6.54 Å². The second kappa shape index (κ2) is 7.24. The first-order valence-electron chi connectivity index (χ1n) is 6.15. The maximum atomic E-state index is 12.0. The van der Waals surface area contributed by atoms with Gasteiger partial charge in [-0.1, -0.05) is 6.07 Å². The zero-order valence-corrected chi connectivity index (χ0v) is 13.0. The zero-order valence-electron chi connectivity index (χ0n) is 11.4. The Morgan fingerprint density at radius 2 is 2.24 bits per heavy atom. The molecule has 0 saturated heterocycles. The zero-order chi connectivity index (χ0) is 15.2. The van der Waals surface area contributed by atoms with Gasteiger partial charge in [-0.05, 0) is 23.6 Å². The van der Waals surface area contributed by atoms with Crippen LogP contribution >= 0.6 is 23.1 Å². The van der Waals surface area contributed by atoms with Crippen LogP contribution in [-0.2, 0) is 11.3 Å². The highest BCUT2D eigenvalue weighted by Crippen LogP contribution is 2.19. The van der Waals surface area contributed by atoms with Crippen molar-refractivity contribution in [3.05, 3.63) is 46.4 Å². The fraction of sp³-hybridized carbons (Fsp3) is 0.214. The lowest BCUT2D eigenvalue weighted by Gasteiger charge is -2.15. The topological polar surface area (TPSA) is 70.5 Å². The van der Waals surface area contributed by atoms with Crippen LogP contribution in [0.5, 0.6) is 0 Å². The Kier molecular flexibility index (Phi) is 5.35. The van der Waals surface area contributed by atoms with E-state index in [4.69, 9.17) is 5.11 Å². The summed E-state index contributed by atoms with van der Waals surface area (Å²) in [6.07, 6.45) is 1.44. The third kappa shape index (κ3) is 4.57. The van der Waals surface area contributed by atoms with E-state index in [1.165, 1.54) is 24.0 Å². The average Bonchev–Trinajstić information content (AvgIpc) is 2.97. The number of rotatable bonds is 6. The number of carboxylic acid groups (broad SMARTS) is 1. The smallest absolute Gasteiger partial charge is 0.354 e. The Morgan fingerprint density at radius 1 is 1.43 bits per heavy atom. The largest absolute Gasteiger partial charge is 0.477 e. The van der Waals surface area contributed by atoms with Gasteiger partial charge in [-0.3, -0.25) is 4.79 Å². The normalized spacial score (nSPS) is 10.3. The van der Waals surface area contributed by atoms with Crippen LogP contribution < -0.4 is 0 Å². The maximum absolute atomic E-state index is 12.0. The highest BCUT2D eigenvalue weighted by atomic mass is 32.2. The number of thiophene rings is 1. The minimum atomic E-state index is -1.07. The molecule has 1 N–H and O–H groups in total. The molecule has 0 aliphatic carbocycles. The van der Waals surface area contributed by atoms with Crippen LogP contribution in [-0.4, -0.2) is 39.7 Å². The van der Waals surface area contributed by atoms with Crippen molar-refractivity contribution in [2.45, 2.75) is 11.4 Å². The predicted octanol–water partition coefficient (Wildman–Crippen LogP) is 2.59. The van der Waals surface area contributed by atoms with Gasteiger partial charge < -0.3 is 10.0 Å². The first kappa shape index (κ1) is 15.5. The lowest BCUT2D eigenvalue weighted by atomic mass is 10.3. The van der Waals surface area contributed by atoms with E-state index in [1.54, 1.807) is 29.4 Å². The molecule has 0 fully saturated rings. The first-order valence-corrected chi connectivity index (χ1v) is 8.01. The van der Waals surface area contributed by atoms with Crippen LogP contribution in [0.25, 0.3) is 0 Å². The number of thioether (sulfide) groups is 1. The number of nitrogens with zero attached hydrogens (tertiary/aromatic N) is 2. The van der Waals surface area contributed by atoms with Crippen LogP contribution in [0.3, 0.4) is 0 Å². The predicted molar refractivity (Wildman–Crippen MR) is 82.7 cm³/mol. The number of aromatic nitrogens is 1. The van der Waals surface area contributed by atoms with Crippen molar-refractivity contribution < 1.29 is 14.7 Å². The van der Waals surface area contributed by atoms with Crippen LogP contribution in [0.2, 0.25) is 0 Å². The second-order valence-corrected chi connectivity index (χ2v) is 6.38. The number of carbonyl (C=O) groups excluding carboxylic acids is 1. The van der Waals surface area contributed by atoms with Gasteiger partial charge in [-0.2, -0.15) is 0 Å². The molecule has 5 nitrogen and oxygen atoms in total. The molecule has 2 aromatic heterocycles. The van der Waals surface area contributed by atoms with E-state index in [-0.39, 0.29) is 17.4 Å². The summed E-state index contributed by atoms with van der Waals surface area (Å²) in [5.41, 5.74) is -0.0145. The minimum absolute atomic E-state index is 0.00193. The van der Waals surface area contributed by atoms with Crippen molar-refractivity contribution in [1.82, 2.24) is 9.88 Å². The highest BCUT2D eigenvalue weighted by molar-refractivity contribution is 8.00. The summed E-state index contributed by atoms with van der Waals surface area (Å²) in [6, 6.07) is 7.12. The molecule has 0 saturated carbocycles. The van der Waals surface area contributed by atoms with Gasteiger partial charge in [0.2, 0.25) is 5.91 Å². The molecule has 0 aliphatic heterocycles. The molecule has 2 rings (SSSR count). The van der Waals surface area contributed by atoms with Crippen LogP contribution in [0, 0.1) is 0 Å². The quantitative estimate of drug-likeness (QED) is 0.828. The number of carboxylic acids is 1. The number of carbonyl (C=O) groups is 2. The number of pyridine rings is 1. The van der Waals surface area contributed by atoms with Gasteiger partial charge >= 0.3 is 5.97 Å². The molecule has 2 heterocycles. The van der Waals surface area contributed by atoms with E-state index in [1.807, 2.05) is 17.5 Å². The highest BCUT2D eigenvalue weighted by Gasteiger charge is 2.11. The molecule has 0 aliphatic rings. The van der Waals surface area contributed by atoms with Crippen molar-refractivity contribution in [2.24, 2.45) is 0 Å². The monoisotopic (exact) mass is 322 g/mol. The van der Waals surface area contributed by atoms with Gasteiger partial charge in [-0.25, -0.2) is 9.78 Å². The van der Waals surface area contributed by atoms with Crippen LogP contribution in [0.4, 0.5) is 0 Å². The first-order chi connectivity index (χ1) is 10.1. The Labute approximate surface area is 130 Å². The van der Waals surface area contributed by atoms with E-state index in [2.05, 4.69) is 4.98 Å². The molecular weight excluding hydrogens is 308 g/mol. The molecule has 0 unspecified atom stereocenters. The number of hydrogen-bond acceptors (Lipinski definition) is 5. The Bertz CT molecular complexity index is 629. The Balaban J connectivity index is 1.88. The lowest BCUT2D eigenvalue weighted by molar-refractivity contribution is -0.127. The third-order valence-electron chi connectivity index (χ3n) is 2.71. The van der Waals surface area contributed by atoms with E-state index in [0.717, 1.165) is 9.77 Å². The van der Waals surface area contributed by atoms with Gasteiger partial charge in [0.25, 0.3) is 0 Å². The van der Waals surface area contributed by atoms with Gasteiger partial charge in [0.15, 0.2) is 0 Å². The molecule has 0 aromatic carbocycles. The molecule has 0 atom stereocenters. The minimum Gasteiger partial charge on any atom is -0.477 e. The Morgan fingerprint density at radius 3 is 2.90 bits per heavy atom. The summed E-state index contributed by atoms with van der Waals surface area (Å²) in [7, 11) is 1.76. The summed E-state index contributed by atoms with van der Waals surface area (Å²) < 4.78 is 0. The number of hydrogen-bond donors (Lipinski definition) is 1. The van der Waals surface area contributed by atoms with E-state index in [9.17, 15) is 9.59 Å². The molecule has 7 heteroatoms. The number of aromatic carboxylic acids is 1. The van der Waals surface area contributed by atoms with Gasteiger partial charge in [0.1, 0.15) is 5.69 Å². The van der Waals surface area contributed by atoms with Crippen molar-refractivity contribution in [3.63, 3.8) is 0 Å². The van der Waals surface area contributed by atoms with Gasteiger partial charge in [-0.15, -0.1) is 23.1 Å². The van der Waals surface area contributed by atoms with Crippen molar-refractivity contribution in [1.29, 1.82) is 0 Å². The molecule has 0 spiro atoms. The van der Waals surface area contributed by atoms with E-state index < -0.39 is 5.97 Å². The standard InChI is InChI=1S/C14H14N2O3S2/c1-16(8-11-3-2-6-20-11)13(17)9-21-10-4-5-15-12(7-10)14(18)19/h2-7H,8-9H2,1H3,(H,18,19). The van der Waals surface area contributed by atoms with Crippen molar-refractivity contribution >= 4 is 35.0 Å². The Hall–Kier alpha value is -1.86. The summed E-state index contributed by atoms with van der Waals surface area (Å²) in [4.78, 5) is 30.1. The third-order valence-corrected chi connectivity index (χ3v) is 4.55. The molecule has 0 bridgehead atoms. The fourth-order valence-corrected chi connectivity index (χ4v) is 3.22. The molecule has 110 valence electrons. The molecule has 1 amide bonds. The van der Waals surface area contributed by atoms with Gasteiger partial charge in [0, 0.05) is 23.0 Å². The SMILES string of the molecule is CN(Cc1cccs1)C(=O)CSc1ccnc(C(=O)O)c1. The van der Waals surface area contributed by atoms with Crippen LogP contribution in [0.1, 0.15) is 15.4 Å². The molecular formula is C14H14N2O3S2. The summed E-state index contributed by atoms with van der Waals surface area (Å²) in [6.45, 7) is 0.591. The average molecular weight is 322 g/mol. The van der Waals surface area contributed by atoms with Crippen molar-refractivity contribution in [3.8, 4) is 0 Å². The number of amides is 1. The summed E-state index contributed by atoms with van der Waals surface area (Å²) in [5, 5.41) is 10.9. The van der Waals surface area contributed by atoms with E-state index >= 15 is 0 Å². The molecule has 0 radical (unpaired) electrons. The maximum Gasteiger partial charge on any atom is 0.354 e. The second-order valence-electron chi connectivity index (χ2n) is 4.30. The molecule has 21 heavy (non-hydrogen) atoms. The summed E-state index contributed by atoms with van der Waals surface area (Å²) >= 11 is 2.92. The lowest BCUT2D eigenvalue weighted by Crippen LogP contribution is -2.27. The van der Waals surface area contributed by atoms with Gasteiger partial charge in [0.05, 0.1) is 12.3 Å².